The first-order chi connectivity index (χ1) is 13.0. The summed E-state index contributed by atoms with van der Waals surface area (Å²) in [6.07, 6.45) is 0.144. The summed E-state index contributed by atoms with van der Waals surface area (Å²) in [5.74, 6) is 1.50. The molecule has 0 aromatic heterocycles. The summed E-state index contributed by atoms with van der Waals surface area (Å²) in [5.41, 5.74) is 1.22. The second-order valence-corrected chi connectivity index (χ2v) is 6.58. The van der Waals surface area contributed by atoms with E-state index in [2.05, 4.69) is 5.32 Å². The molecular weight excluding hydrogens is 385 g/mol. The van der Waals surface area contributed by atoms with Crippen LogP contribution in [0.1, 0.15) is 5.56 Å². The third kappa shape index (κ3) is 5.16. The molecule has 6 heteroatoms. The minimum absolute atomic E-state index is 0.144. The third-order valence-corrected chi connectivity index (χ3v) is 4.40. The van der Waals surface area contributed by atoms with Gasteiger partial charge in [-0.15, -0.1) is 0 Å². The first-order valence-corrected chi connectivity index (χ1v) is 8.95. The molecule has 0 atom stereocenters. The zero-order valence-electron chi connectivity index (χ0n) is 14.5. The van der Waals surface area contributed by atoms with Gasteiger partial charge in [-0.3, -0.25) is 4.79 Å². The van der Waals surface area contributed by atoms with Crippen molar-refractivity contribution in [3.8, 4) is 17.2 Å². The maximum absolute atomic E-state index is 12.5. The molecule has 138 valence electrons. The van der Waals surface area contributed by atoms with E-state index in [0.29, 0.717) is 33.0 Å². The lowest BCUT2D eigenvalue weighted by Crippen LogP contribution is -2.15. The van der Waals surface area contributed by atoms with Gasteiger partial charge in [0.2, 0.25) is 5.91 Å². The van der Waals surface area contributed by atoms with E-state index in [9.17, 15) is 4.79 Å². The lowest BCUT2D eigenvalue weighted by molar-refractivity contribution is -0.115. The number of rotatable bonds is 6. The van der Waals surface area contributed by atoms with Crippen LogP contribution in [-0.2, 0) is 11.2 Å². The first-order valence-electron chi connectivity index (χ1n) is 8.20. The Morgan fingerprint density at radius 3 is 2.52 bits per heavy atom. The molecule has 0 heterocycles. The van der Waals surface area contributed by atoms with Crippen molar-refractivity contribution in [2.45, 2.75) is 6.42 Å². The lowest BCUT2D eigenvalue weighted by Gasteiger charge is -2.13. The molecule has 0 aliphatic heterocycles. The minimum atomic E-state index is -0.221. The molecule has 0 saturated carbocycles. The molecule has 27 heavy (non-hydrogen) atoms. The fraction of sp³-hybridized carbons (Fsp3) is 0.0952. The highest BCUT2D eigenvalue weighted by Crippen LogP contribution is 2.33. The predicted molar refractivity (Wildman–Crippen MR) is 108 cm³/mol. The molecule has 4 nitrogen and oxygen atoms in total. The van der Waals surface area contributed by atoms with E-state index >= 15 is 0 Å². The Kier molecular flexibility index (Phi) is 6.22. The van der Waals surface area contributed by atoms with Crippen molar-refractivity contribution < 1.29 is 14.3 Å². The number of nitrogens with one attached hydrogen (secondary N) is 1. The summed E-state index contributed by atoms with van der Waals surface area (Å²) in [4.78, 5) is 12.5. The van der Waals surface area contributed by atoms with Crippen LogP contribution in [0.5, 0.6) is 17.2 Å². The highest BCUT2D eigenvalue weighted by molar-refractivity contribution is 6.31. The standard InChI is InChI=1S/C21H17Cl2NO3/c1-26-16-6-4-7-17(13-16)27-20-10-9-15(22)12-19(20)24-21(25)11-14-5-2-3-8-18(14)23/h2-10,12-13H,11H2,1H3,(H,24,25). The van der Waals surface area contributed by atoms with Crippen LogP contribution in [0.25, 0.3) is 0 Å². The van der Waals surface area contributed by atoms with Gasteiger partial charge in [-0.05, 0) is 42.0 Å². The molecular formula is C21H17Cl2NO3. The van der Waals surface area contributed by atoms with E-state index in [0.717, 1.165) is 5.56 Å². The van der Waals surface area contributed by atoms with Gasteiger partial charge in [0.25, 0.3) is 0 Å². The van der Waals surface area contributed by atoms with Gasteiger partial charge in [0.1, 0.15) is 11.5 Å². The first kappa shape index (κ1) is 19.1. The van der Waals surface area contributed by atoms with Gasteiger partial charge in [-0.2, -0.15) is 0 Å². The number of ether oxygens (including phenoxy) is 2. The number of carbonyl (C=O) groups excluding carboxylic acids is 1. The minimum Gasteiger partial charge on any atom is -0.497 e. The Morgan fingerprint density at radius 2 is 1.74 bits per heavy atom. The number of anilines is 1. The van der Waals surface area contributed by atoms with Crippen molar-refractivity contribution in [3.05, 3.63) is 82.3 Å². The van der Waals surface area contributed by atoms with Crippen molar-refractivity contribution in [1.29, 1.82) is 0 Å². The Balaban J connectivity index is 1.79. The van der Waals surface area contributed by atoms with Crippen LogP contribution in [0, 0.1) is 0 Å². The monoisotopic (exact) mass is 401 g/mol. The van der Waals surface area contributed by atoms with Crippen LogP contribution in [-0.4, -0.2) is 13.0 Å². The summed E-state index contributed by atoms with van der Waals surface area (Å²) < 4.78 is 11.1. The highest BCUT2D eigenvalue weighted by Gasteiger charge is 2.12. The Bertz CT molecular complexity index is 960. The number of halogens is 2. The fourth-order valence-corrected chi connectivity index (χ4v) is 2.86. The van der Waals surface area contributed by atoms with Gasteiger partial charge in [0, 0.05) is 16.1 Å². The maximum Gasteiger partial charge on any atom is 0.228 e. The summed E-state index contributed by atoms with van der Waals surface area (Å²) >= 11 is 12.2. The molecule has 3 aromatic rings. The van der Waals surface area contributed by atoms with Gasteiger partial charge < -0.3 is 14.8 Å². The summed E-state index contributed by atoms with van der Waals surface area (Å²) in [5, 5.41) is 3.87. The molecule has 1 amide bonds. The Morgan fingerprint density at radius 1 is 0.963 bits per heavy atom. The van der Waals surface area contributed by atoms with Gasteiger partial charge >= 0.3 is 0 Å². The quantitative estimate of drug-likeness (QED) is 0.552. The lowest BCUT2D eigenvalue weighted by atomic mass is 10.1. The third-order valence-electron chi connectivity index (χ3n) is 3.79. The molecule has 3 rings (SSSR count). The summed E-state index contributed by atoms with van der Waals surface area (Å²) in [7, 11) is 1.59. The molecule has 0 aliphatic carbocycles. The zero-order valence-corrected chi connectivity index (χ0v) is 16.1. The molecule has 3 aromatic carbocycles. The van der Waals surface area contributed by atoms with Crippen molar-refractivity contribution >= 4 is 34.8 Å². The topological polar surface area (TPSA) is 47.6 Å². The van der Waals surface area contributed by atoms with Crippen LogP contribution in [0.2, 0.25) is 10.0 Å². The van der Waals surface area contributed by atoms with Crippen molar-refractivity contribution in [2.24, 2.45) is 0 Å². The summed E-state index contributed by atoms with van der Waals surface area (Å²) in [6.45, 7) is 0. The molecule has 0 radical (unpaired) electrons. The molecule has 0 unspecified atom stereocenters. The normalized spacial score (nSPS) is 10.3. The van der Waals surface area contributed by atoms with E-state index < -0.39 is 0 Å². The smallest absolute Gasteiger partial charge is 0.228 e. The highest BCUT2D eigenvalue weighted by atomic mass is 35.5. The number of amides is 1. The van der Waals surface area contributed by atoms with Crippen molar-refractivity contribution in [1.82, 2.24) is 0 Å². The SMILES string of the molecule is COc1cccc(Oc2ccc(Cl)cc2NC(=O)Cc2ccccc2Cl)c1. The van der Waals surface area contributed by atoms with Gasteiger partial charge in [0.15, 0.2) is 5.75 Å². The maximum atomic E-state index is 12.5. The zero-order chi connectivity index (χ0) is 19.2. The Labute approximate surface area is 167 Å². The van der Waals surface area contributed by atoms with E-state index in [-0.39, 0.29) is 12.3 Å². The number of hydrogen-bond donors (Lipinski definition) is 1. The van der Waals surface area contributed by atoms with Crippen LogP contribution >= 0.6 is 23.2 Å². The van der Waals surface area contributed by atoms with Gasteiger partial charge in [-0.1, -0.05) is 47.5 Å². The van der Waals surface area contributed by atoms with E-state index in [4.69, 9.17) is 32.7 Å². The molecule has 0 fully saturated rings. The molecule has 1 N–H and O–H groups in total. The van der Waals surface area contributed by atoms with E-state index in [1.165, 1.54) is 0 Å². The van der Waals surface area contributed by atoms with Crippen molar-refractivity contribution in [2.75, 3.05) is 12.4 Å². The summed E-state index contributed by atoms with van der Waals surface area (Å²) in [6, 6.07) is 19.5. The number of methoxy groups -OCH3 is 1. The largest absolute Gasteiger partial charge is 0.497 e. The molecule has 0 aliphatic rings. The van der Waals surface area contributed by atoms with Crippen LogP contribution in [0.3, 0.4) is 0 Å². The fourth-order valence-electron chi connectivity index (χ4n) is 2.49. The average molecular weight is 402 g/mol. The number of carbonyl (C=O) groups is 1. The predicted octanol–water partition coefficient (Wildman–Crippen LogP) is 5.98. The second-order valence-electron chi connectivity index (χ2n) is 5.74. The van der Waals surface area contributed by atoms with Crippen molar-refractivity contribution in [3.63, 3.8) is 0 Å². The molecule has 0 spiro atoms. The van der Waals surface area contributed by atoms with Crippen LogP contribution < -0.4 is 14.8 Å². The number of benzene rings is 3. The molecule has 0 saturated heterocycles. The van der Waals surface area contributed by atoms with Crippen LogP contribution in [0.4, 0.5) is 5.69 Å². The van der Waals surface area contributed by atoms with Crippen LogP contribution in [0.15, 0.2) is 66.7 Å². The second kappa shape index (κ2) is 8.80. The number of hydrogen-bond acceptors (Lipinski definition) is 3. The van der Waals surface area contributed by atoms with Gasteiger partial charge in [0.05, 0.1) is 19.2 Å². The van der Waals surface area contributed by atoms with Gasteiger partial charge in [-0.25, -0.2) is 0 Å². The van der Waals surface area contributed by atoms with E-state index in [1.807, 2.05) is 30.3 Å². The molecule has 0 bridgehead atoms. The van der Waals surface area contributed by atoms with E-state index in [1.54, 1.807) is 43.5 Å². The average Bonchev–Trinajstić information content (AvgIpc) is 2.66. The Hall–Kier alpha value is -2.69.